The molecule has 33 heavy (non-hydrogen) atoms. The minimum atomic E-state index is -3.94. The second-order valence-electron chi connectivity index (χ2n) is 7.81. The van der Waals surface area contributed by atoms with Crippen molar-refractivity contribution in [1.82, 2.24) is 34.3 Å². The monoisotopic (exact) mass is 488 g/mol. The van der Waals surface area contributed by atoms with Crippen LogP contribution in [0.15, 0.2) is 43.0 Å². The first-order valence-electron chi connectivity index (χ1n) is 10.3. The molecule has 1 N–H and O–H groups in total. The summed E-state index contributed by atoms with van der Waals surface area (Å²) in [6.07, 6.45) is 7.26. The number of sulfonamides is 1. The van der Waals surface area contributed by atoms with Gasteiger partial charge in [-0.05, 0) is 31.9 Å². The number of nitrogens with zero attached hydrogens (tertiary/aromatic N) is 7. The summed E-state index contributed by atoms with van der Waals surface area (Å²) in [6, 6.07) is 5.83. The lowest BCUT2D eigenvalue weighted by Crippen LogP contribution is -2.33. The van der Waals surface area contributed by atoms with Crippen molar-refractivity contribution in [3.05, 3.63) is 53.8 Å². The van der Waals surface area contributed by atoms with Crippen LogP contribution in [0.5, 0.6) is 0 Å². The number of pyridine rings is 1. The summed E-state index contributed by atoms with van der Waals surface area (Å²) in [6.45, 7) is 1.53. The Hall–Kier alpha value is -3.09. The Kier molecular flexibility index (Phi) is 5.51. The van der Waals surface area contributed by atoms with Crippen LogP contribution in [-0.2, 0) is 14.8 Å². The molecule has 172 valence electrons. The van der Waals surface area contributed by atoms with Gasteiger partial charge in [0.2, 0.25) is 16.0 Å². The lowest BCUT2D eigenvalue weighted by atomic mass is 10.2. The van der Waals surface area contributed by atoms with Gasteiger partial charge in [-0.3, -0.25) is 9.29 Å². The third-order valence-corrected chi connectivity index (χ3v) is 7.46. The van der Waals surface area contributed by atoms with E-state index in [0.29, 0.717) is 10.8 Å². The van der Waals surface area contributed by atoms with Crippen molar-refractivity contribution in [3.8, 4) is 11.4 Å². The number of nitrogens with one attached hydrogen (secondary N) is 1. The van der Waals surface area contributed by atoms with E-state index in [-0.39, 0.29) is 17.8 Å². The standard InChI is InChI=1S/C20H21ClN8O3S/c1-12(17(32-2)18-22-9-13(21)10-23-18)33(30,31)27-20-26-25-19(29(20)14-6-7-14)15-11-24-28-8-4-3-5-16(15)28/h3-5,8-12,14,17H,6-7H2,1-2H3,(H,26,27)/t12-,17-/m0/s1. The molecule has 13 heteroatoms. The van der Waals surface area contributed by atoms with Crippen molar-refractivity contribution in [2.45, 2.75) is 37.2 Å². The largest absolute Gasteiger partial charge is 0.372 e. The number of hydrogen-bond acceptors (Lipinski definition) is 8. The fraction of sp³-hybridized carbons (Fsp3) is 0.350. The van der Waals surface area contributed by atoms with Gasteiger partial charge in [-0.25, -0.2) is 22.9 Å². The van der Waals surface area contributed by atoms with Gasteiger partial charge in [0.1, 0.15) is 11.4 Å². The molecule has 0 radical (unpaired) electrons. The molecule has 0 bridgehead atoms. The van der Waals surface area contributed by atoms with Crippen LogP contribution in [0.1, 0.15) is 37.7 Å². The van der Waals surface area contributed by atoms with Crippen molar-refractivity contribution >= 4 is 33.1 Å². The Morgan fingerprint density at radius 1 is 1.18 bits per heavy atom. The smallest absolute Gasteiger partial charge is 0.240 e. The third kappa shape index (κ3) is 4.05. The Bertz CT molecular complexity index is 1400. The second-order valence-corrected chi connectivity index (χ2v) is 10.3. The summed E-state index contributed by atoms with van der Waals surface area (Å²) in [4.78, 5) is 8.22. The molecule has 2 atom stereocenters. The predicted molar refractivity (Wildman–Crippen MR) is 121 cm³/mol. The van der Waals surface area contributed by atoms with E-state index < -0.39 is 21.4 Å². The first-order chi connectivity index (χ1) is 15.9. The highest BCUT2D eigenvalue weighted by Crippen LogP contribution is 2.41. The average Bonchev–Trinajstić information content (AvgIpc) is 3.43. The topological polar surface area (TPSA) is 129 Å². The van der Waals surface area contributed by atoms with Gasteiger partial charge in [0.05, 0.1) is 22.3 Å². The molecule has 4 heterocycles. The van der Waals surface area contributed by atoms with Crippen LogP contribution in [0.4, 0.5) is 5.95 Å². The van der Waals surface area contributed by atoms with Crippen LogP contribution in [0.25, 0.3) is 16.9 Å². The number of halogens is 1. The van der Waals surface area contributed by atoms with Gasteiger partial charge in [-0.1, -0.05) is 17.7 Å². The minimum absolute atomic E-state index is 0.111. The van der Waals surface area contributed by atoms with E-state index in [1.54, 1.807) is 10.7 Å². The number of aromatic nitrogens is 7. The zero-order valence-corrected chi connectivity index (χ0v) is 19.4. The molecule has 5 rings (SSSR count). The van der Waals surface area contributed by atoms with Crippen LogP contribution < -0.4 is 4.72 Å². The van der Waals surface area contributed by atoms with Gasteiger partial charge in [0, 0.05) is 31.7 Å². The summed E-state index contributed by atoms with van der Waals surface area (Å²) < 4.78 is 38.1. The van der Waals surface area contributed by atoms with Gasteiger partial charge in [0.25, 0.3) is 0 Å². The van der Waals surface area contributed by atoms with E-state index >= 15 is 0 Å². The van der Waals surface area contributed by atoms with Gasteiger partial charge in [-0.15, -0.1) is 10.2 Å². The quantitative estimate of drug-likeness (QED) is 0.400. The molecule has 0 aromatic carbocycles. The zero-order valence-electron chi connectivity index (χ0n) is 17.8. The molecule has 1 fully saturated rings. The number of rotatable bonds is 8. The zero-order chi connectivity index (χ0) is 23.2. The van der Waals surface area contributed by atoms with Gasteiger partial charge >= 0.3 is 0 Å². The van der Waals surface area contributed by atoms with Crippen molar-refractivity contribution < 1.29 is 13.2 Å². The highest BCUT2D eigenvalue weighted by atomic mass is 35.5. The Morgan fingerprint density at radius 2 is 1.94 bits per heavy atom. The van der Waals surface area contributed by atoms with E-state index in [4.69, 9.17) is 16.3 Å². The first-order valence-corrected chi connectivity index (χ1v) is 12.2. The van der Waals surface area contributed by atoms with Crippen molar-refractivity contribution in [2.75, 3.05) is 11.8 Å². The summed E-state index contributed by atoms with van der Waals surface area (Å²) in [5.41, 5.74) is 1.63. The average molecular weight is 489 g/mol. The van der Waals surface area contributed by atoms with Gasteiger partial charge in [0.15, 0.2) is 11.6 Å². The maximum absolute atomic E-state index is 13.3. The lowest BCUT2D eigenvalue weighted by molar-refractivity contribution is 0.0950. The minimum Gasteiger partial charge on any atom is -0.372 e. The molecular formula is C20H21ClN8O3S. The maximum Gasteiger partial charge on any atom is 0.240 e. The fourth-order valence-corrected chi connectivity index (χ4v) is 4.92. The molecule has 1 aliphatic carbocycles. The highest BCUT2D eigenvalue weighted by molar-refractivity contribution is 7.93. The van der Waals surface area contributed by atoms with E-state index in [9.17, 15) is 8.42 Å². The molecule has 0 amide bonds. The van der Waals surface area contributed by atoms with E-state index in [1.807, 2.05) is 29.0 Å². The van der Waals surface area contributed by atoms with Gasteiger partial charge < -0.3 is 4.74 Å². The molecule has 11 nitrogen and oxygen atoms in total. The Labute approximate surface area is 194 Å². The van der Waals surface area contributed by atoms with E-state index in [2.05, 4.69) is 30.0 Å². The SMILES string of the molecule is CO[C@H](c1ncc(Cl)cn1)[C@H](C)S(=O)(=O)Nc1nnc(-c2cnn3ccccc23)n1C1CC1. The van der Waals surface area contributed by atoms with Crippen molar-refractivity contribution in [1.29, 1.82) is 0 Å². The van der Waals surface area contributed by atoms with Crippen LogP contribution in [-0.4, -0.2) is 55.1 Å². The first kappa shape index (κ1) is 21.7. The van der Waals surface area contributed by atoms with Crippen molar-refractivity contribution in [3.63, 3.8) is 0 Å². The fourth-order valence-electron chi connectivity index (χ4n) is 3.69. The van der Waals surface area contributed by atoms with Crippen LogP contribution in [0.2, 0.25) is 5.02 Å². The highest BCUT2D eigenvalue weighted by Gasteiger charge is 2.36. The Morgan fingerprint density at radius 3 is 2.64 bits per heavy atom. The molecule has 0 saturated heterocycles. The van der Waals surface area contributed by atoms with Gasteiger partial charge in [-0.2, -0.15) is 5.10 Å². The normalized spacial score (nSPS) is 16.1. The molecule has 0 spiro atoms. The van der Waals surface area contributed by atoms with Crippen LogP contribution in [0.3, 0.4) is 0 Å². The number of hydrogen-bond donors (Lipinski definition) is 1. The lowest BCUT2D eigenvalue weighted by Gasteiger charge is -2.22. The molecule has 4 aromatic heterocycles. The molecule has 1 saturated carbocycles. The van der Waals surface area contributed by atoms with E-state index in [0.717, 1.165) is 23.9 Å². The summed E-state index contributed by atoms with van der Waals surface area (Å²) >= 11 is 5.85. The number of ether oxygens (including phenoxy) is 1. The second kappa shape index (κ2) is 8.36. The van der Waals surface area contributed by atoms with Crippen molar-refractivity contribution in [2.24, 2.45) is 0 Å². The molecular weight excluding hydrogens is 468 g/mol. The third-order valence-electron chi connectivity index (χ3n) is 5.57. The molecule has 0 aliphatic heterocycles. The summed E-state index contributed by atoms with van der Waals surface area (Å²) in [5, 5.41) is 12.2. The number of methoxy groups -OCH3 is 1. The Balaban J connectivity index is 1.48. The van der Waals surface area contributed by atoms with Crippen LogP contribution >= 0.6 is 11.6 Å². The maximum atomic E-state index is 13.3. The van der Waals surface area contributed by atoms with E-state index in [1.165, 1.54) is 26.4 Å². The molecule has 4 aromatic rings. The predicted octanol–water partition coefficient (Wildman–Crippen LogP) is 2.89. The van der Waals surface area contributed by atoms with Crippen LogP contribution in [0, 0.1) is 0 Å². The molecule has 0 unspecified atom stereocenters. The summed E-state index contributed by atoms with van der Waals surface area (Å²) in [7, 11) is -2.53. The summed E-state index contributed by atoms with van der Waals surface area (Å²) in [5.74, 6) is 0.936. The number of anilines is 1. The molecule has 1 aliphatic rings. The number of fused-ring (bicyclic) bond motifs is 1.